The number of carbonyl (C=O) groups excluding carboxylic acids is 1. The Morgan fingerprint density at radius 2 is 1.57 bits per heavy atom. The van der Waals surface area contributed by atoms with E-state index in [4.69, 9.17) is 14.5 Å². The summed E-state index contributed by atoms with van der Waals surface area (Å²) in [7, 11) is 0. The SMILES string of the molecule is CCOc1cc(/C=C2/SC(=Nc3ccccc3)N(c3ccccc3)C2=O)cc(Br)c1OCc1cccc2ccccc12. The van der Waals surface area contributed by atoms with Crippen molar-refractivity contribution in [2.24, 2.45) is 4.99 Å². The fourth-order valence-electron chi connectivity index (χ4n) is 4.76. The fourth-order valence-corrected chi connectivity index (χ4v) is 6.34. The molecule has 0 spiro atoms. The van der Waals surface area contributed by atoms with E-state index in [2.05, 4.69) is 40.2 Å². The predicted molar refractivity (Wildman–Crippen MR) is 177 cm³/mol. The van der Waals surface area contributed by atoms with Gasteiger partial charge in [0.05, 0.1) is 27.4 Å². The molecule has 6 rings (SSSR count). The van der Waals surface area contributed by atoms with Crippen molar-refractivity contribution < 1.29 is 14.3 Å². The highest BCUT2D eigenvalue weighted by atomic mass is 79.9. The summed E-state index contributed by atoms with van der Waals surface area (Å²) in [6.45, 7) is 2.80. The Morgan fingerprint density at radius 1 is 0.857 bits per heavy atom. The number of nitrogens with zero attached hydrogens (tertiary/aromatic N) is 2. The fraction of sp³-hybridized carbons (Fsp3) is 0.0857. The first kappa shape index (κ1) is 27.8. The molecular weight excluding hydrogens is 608 g/mol. The second-order valence-corrected chi connectivity index (χ2v) is 11.4. The molecule has 5 aromatic carbocycles. The second kappa shape index (κ2) is 12.7. The lowest BCUT2D eigenvalue weighted by molar-refractivity contribution is -0.113. The molecule has 1 amide bonds. The van der Waals surface area contributed by atoms with Gasteiger partial charge in [0.25, 0.3) is 5.91 Å². The predicted octanol–water partition coefficient (Wildman–Crippen LogP) is 9.39. The molecule has 0 radical (unpaired) electrons. The third-order valence-electron chi connectivity index (χ3n) is 6.68. The number of benzene rings is 5. The van der Waals surface area contributed by atoms with Gasteiger partial charge in [-0.1, -0.05) is 78.9 Å². The molecule has 5 nitrogen and oxygen atoms in total. The molecule has 1 aliphatic rings. The Kier molecular flexibility index (Phi) is 8.40. The minimum Gasteiger partial charge on any atom is -0.490 e. The Labute approximate surface area is 257 Å². The zero-order chi connectivity index (χ0) is 28.9. The van der Waals surface area contributed by atoms with E-state index >= 15 is 0 Å². The average Bonchev–Trinajstić information content (AvgIpc) is 3.31. The van der Waals surface area contributed by atoms with Crippen LogP contribution in [0.15, 0.2) is 130 Å². The van der Waals surface area contributed by atoms with Gasteiger partial charge in [-0.2, -0.15) is 0 Å². The third-order valence-corrected chi connectivity index (χ3v) is 8.24. The van der Waals surface area contributed by atoms with Gasteiger partial charge in [0.2, 0.25) is 0 Å². The van der Waals surface area contributed by atoms with Gasteiger partial charge >= 0.3 is 0 Å². The van der Waals surface area contributed by atoms with Crippen molar-refractivity contribution in [3.63, 3.8) is 0 Å². The van der Waals surface area contributed by atoms with Gasteiger partial charge in [0.15, 0.2) is 16.7 Å². The van der Waals surface area contributed by atoms with E-state index in [-0.39, 0.29) is 5.91 Å². The van der Waals surface area contributed by atoms with E-state index in [0.29, 0.717) is 34.8 Å². The van der Waals surface area contributed by atoms with Gasteiger partial charge in [-0.05, 0) is 99.0 Å². The lowest BCUT2D eigenvalue weighted by atomic mass is 10.1. The van der Waals surface area contributed by atoms with Crippen LogP contribution < -0.4 is 14.4 Å². The summed E-state index contributed by atoms with van der Waals surface area (Å²) in [5, 5.41) is 2.93. The summed E-state index contributed by atoms with van der Waals surface area (Å²) in [4.78, 5) is 20.7. The molecule has 0 unspecified atom stereocenters. The minimum atomic E-state index is -0.133. The molecule has 0 N–H and O–H groups in total. The van der Waals surface area contributed by atoms with Crippen molar-refractivity contribution in [2.75, 3.05) is 11.5 Å². The molecule has 1 fully saturated rings. The molecule has 1 heterocycles. The molecule has 5 aromatic rings. The highest BCUT2D eigenvalue weighted by molar-refractivity contribution is 9.10. The topological polar surface area (TPSA) is 51.1 Å². The zero-order valence-electron chi connectivity index (χ0n) is 22.9. The van der Waals surface area contributed by atoms with Gasteiger partial charge in [0, 0.05) is 0 Å². The van der Waals surface area contributed by atoms with Crippen LogP contribution in [0.4, 0.5) is 11.4 Å². The van der Waals surface area contributed by atoms with Crippen molar-refractivity contribution in [3.05, 3.63) is 136 Å². The largest absolute Gasteiger partial charge is 0.490 e. The van der Waals surface area contributed by atoms with Crippen LogP contribution in [0.3, 0.4) is 0 Å². The van der Waals surface area contributed by atoms with E-state index in [1.807, 2.05) is 104 Å². The number of para-hydroxylation sites is 2. The molecule has 0 atom stereocenters. The van der Waals surface area contributed by atoms with Crippen molar-refractivity contribution in [1.82, 2.24) is 0 Å². The van der Waals surface area contributed by atoms with Gasteiger partial charge in [-0.3, -0.25) is 9.69 Å². The standard InChI is InChI=1S/C35H27BrN2O3S/c1-2-40-31-21-24(20-30(36)33(31)41-23-26-14-11-13-25-12-9-10-19-29(25)26)22-32-34(39)38(28-17-7-4-8-18-28)35(42-32)37-27-15-5-3-6-16-27/h3-22H,2,23H2,1H3/b32-22+,37-35?. The maximum atomic E-state index is 13.7. The van der Waals surface area contributed by atoms with E-state index in [9.17, 15) is 4.79 Å². The molecule has 0 bridgehead atoms. The number of amides is 1. The lowest BCUT2D eigenvalue weighted by Crippen LogP contribution is -2.28. The van der Waals surface area contributed by atoms with Crippen LogP contribution >= 0.6 is 27.7 Å². The summed E-state index contributed by atoms with van der Waals surface area (Å²) in [5.74, 6) is 1.09. The van der Waals surface area contributed by atoms with Crippen molar-refractivity contribution in [1.29, 1.82) is 0 Å². The summed E-state index contributed by atoms with van der Waals surface area (Å²) in [6.07, 6.45) is 1.87. The second-order valence-electron chi connectivity index (χ2n) is 9.51. The lowest BCUT2D eigenvalue weighted by Gasteiger charge is -2.16. The van der Waals surface area contributed by atoms with Crippen LogP contribution in [0, 0.1) is 0 Å². The molecule has 1 aliphatic heterocycles. The van der Waals surface area contributed by atoms with Gasteiger partial charge in [-0.25, -0.2) is 4.99 Å². The molecule has 7 heteroatoms. The maximum absolute atomic E-state index is 13.7. The molecule has 0 aliphatic carbocycles. The monoisotopic (exact) mass is 634 g/mol. The van der Waals surface area contributed by atoms with E-state index in [1.54, 1.807) is 4.90 Å². The Balaban J connectivity index is 1.32. The van der Waals surface area contributed by atoms with Crippen LogP contribution in [0.25, 0.3) is 16.8 Å². The highest BCUT2D eigenvalue weighted by Crippen LogP contribution is 2.41. The van der Waals surface area contributed by atoms with E-state index < -0.39 is 0 Å². The molecule has 0 saturated carbocycles. The number of fused-ring (bicyclic) bond motifs is 1. The number of aliphatic imine (C=N–C) groups is 1. The summed E-state index contributed by atoms with van der Waals surface area (Å²) >= 11 is 5.05. The smallest absolute Gasteiger partial charge is 0.271 e. The summed E-state index contributed by atoms with van der Waals surface area (Å²) in [6, 6.07) is 37.6. The Bertz CT molecular complexity index is 1800. The van der Waals surface area contributed by atoms with Crippen LogP contribution in [0.1, 0.15) is 18.1 Å². The van der Waals surface area contributed by atoms with E-state index in [0.717, 1.165) is 32.4 Å². The third kappa shape index (κ3) is 5.98. The quantitative estimate of drug-likeness (QED) is 0.160. The normalized spacial score (nSPS) is 15.1. The first-order chi connectivity index (χ1) is 20.6. The number of thioether (sulfide) groups is 1. The first-order valence-electron chi connectivity index (χ1n) is 13.6. The summed E-state index contributed by atoms with van der Waals surface area (Å²) in [5.41, 5.74) is 3.45. The number of hydrogen-bond donors (Lipinski definition) is 0. The van der Waals surface area contributed by atoms with Crippen LogP contribution in [-0.4, -0.2) is 17.7 Å². The molecule has 208 valence electrons. The number of hydrogen-bond acceptors (Lipinski definition) is 5. The number of ether oxygens (including phenoxy) is 2. The minimum absolute atomic E-state index is 0.133. The van der Waals surface area contributed by atoms with Crippen molar-refractivity contribution in [2.45, 2.75) is 13.5 Å². The Morgan fingerprint density at radius 3 is 2.36 bits per heavy atom. The number of anilines is 1. The van der Waals surface area contributed by atoms with Crippen LogP contribution in [-0.2, 0) is 11.4 Å². The summed E-state index contributed by atoms with van der Waals surface area (Å²) < 4.78 is 13.1. The number of halogens is 1. The van der Waals surface area contributed by atoms with E-state index in [1.165, 1.54) is 17.1 Å². The number of rotatable bonds is 8. The molecule has 1 saturated heterocycles. The maximum Gasteiger partial charge on any atom is 0.271 e. The molecular formula is C35H27BrN2O3S. The van der Waals surface area contributed by atoms with Crippen LogP contribution in [0.2, 0.25) is 0 Å². The molecule has 0 aromatic heterocycles. The van der Waals surface area contributed by atoms with Gasteiger partial charge in [0.1, 0.15) is 6.61 Å². The van der Waals surface area contributed by atoms with Crippen molar-refractivity contribution in [3.8, 4) is 11.5 Å². The number of carbonyl (C=O) groups is 1. The van der Waals surface area contributed by atoms with Crippen LogP contribution in [0.5, 0.6) is 11.5 Å². The van der Waals surface area contributed by atoms with Gasteiger partial charge in [-0.15, -0.1) is 0 Å². The Hall–Kier alpha value is -4.33. The average molecular weight is 636 g/mol. The van der Waals surface area contributed by atoms with Crippen molar-refractivity contribution >= 4 is 67.0 Å². The first-order valence-corrected chi connectivity index (χ1v) is 15.2. The zero-order valence-corrected chi connectivity index (χ0v) is 25.3. The highest BCUT2D eigenvalue weighted by Gasteiger charge is 2.34. The number of amidine groups is 1. The van der Waals surface area contributed by atoms with Gasteiger partial charge < -0.3 is 9.47 Å². The molecule has 42 heavy (non-hydrogen) atoms.